The summed E-state index contributed by atoms with van der Waals surface area (Å²) in [5.41, 5.74) is 7.93. The van der Waals surface area contributed by atoms with Gasteiger partial charge < -0.3 is 10.6 Å². The first-order valence-corrected chi connectivity index (χ1v) is 12.0. The minimum absolute atomic E-state index is 0.454. The van der Waals surface area contributed by atoms with Crippen molar-refractivity contribution < 1.29 is 4.79 Å². The third-order valence-corrected chi connectivity index (χ3v) is 6.59. The van der Waals surface area contributed by atoms with E-state index < -0.39 is 6.03 Å². The number of urea groups is 1. The molecule has 1 aliphatic heterocycles. The quantitative estimate of drug-likeness (QED) is 0.430. The highest BCUT2D eigenvalue weighted by Gasteiger charge is 2.19. The molecule has 2 aromatic heterocycles. The van der Waals surface area contributed by atoms with Crippen molar-refractivity contribution in [3.63, 3.8) is 0 Å². The third kappa shape index (κ3) is 5.14. The zero-order chi connectivity index (χ0) is 21.6. The average Bonchev–Trinajstić information content (AvgIpc) is 3.23. The summed E-state index contributed by atoms with van der Waals surface area (Å²) in [5.74, 6) is 0.611. The summed E-state index contributed by atoms with van der Waals surface area (Å²) in [6, 6.07) is 15.9. The second kappa shape index (κ2) is 10.1. The first kappa shape index (κ1) is 21.5. The van der Waals surface area contributed by atoms with Crippen LogP contribution in [0.1, 0.15) is 12.8 Å². The number of pyridine rings is 1. The number of hydrogen-bond donors (Lipinski definition) is 1. The molecule has 4 rings (SSSR count). The largest absolute Gasteiger partial charge is 0.368 e. The van der Waals surface area contributed by atoms with Crippen LogP contribution in [0.25, 0.3) is 5.52 Å². The molecule has 0 saturated carbocycles. The van der Waals surface area contributed by atoms with Crippen LogP contribution in [0.4, 0.5) is 16.3 Å². The summed E-state index contributed by atoms with van der Waals surface area (Å²) >= 11 is 1.81. The lowest BCUT2D eigenvalue weighted by molar-refractivity contribution is 0.249. The van der Waals surface area contributed by atoms with Crippen LogP contribution in [-0.4, -0.2) is 66.1 Å². The molecule has 0 atom stereocenters. The number of piperazine rings is 1. The van der Waals surface area contributed by atoms with Crippen molar-refractivity contribution in [3.8, 4) is 0 Å². The van der Waals surface area contributed by atoms with Gasteiger partial charge >= 0.3 is 6.03 Å². The van der Waals surface area contributed by atoms with Gasteiger partial charge in [-0.05, 0) is 49.9 Å². The molecule has 2 amide bonds. The maximum Gasteiger partial charge on any atom is 0.320 e. The number of nitrogens with two attached hydrogens (primary N) is 1. The fourth-order valence-electron chi connectivity index (χ4n) is 4.10. The Kier molecular flexibility index (Phi) is 6.99. The monoisotopic (exact) mass is 438 g/mol. The molecule has 0 spiro atoms. The van der Waals surface area contributed by atoms with Crippen molar-refractivity contribution in [2.24, 2.45) is 5.73 Å². The van der Waals surface area contributed by atoms with Gasteiger partial charge in [-0.3, -0.25) is 9.80 Å². The molecular formula is C23H30N6OS. The van der Waals surface area contributed by atoms with Gasteiger partial charge in [0.25, 0.3) is 0 Å². The lowest BCUT2D eigenvalue weighted by atomic mass is 10.2. The van der Waals surface area contributed by atoms with E-state index in [0.29, 0.717) is 12.4 Å². The highest BCUT2D eigenvalue weighted by atomic mass is 32.2. The van der Waals surface area contributed by atoms with Gasteiger partial charge in [-0.1, -0.05) is 18.2 Å². The van der Waals surface area contributed by atoms with E-state index in [9.17, 15) is 4.79 Å². The molecule has 0 radical (unpaired) electrons. The van der Waals surface area contributed by atoms with E-state index in [1.54, 1.807) is 21.2 Å². The van der Waals surface area contributed by atoms with E-state index >= 15 is 0 Å². The standard InChI is InChI=1S/C23H30N6OS/c1-31-21-10-3-2-9-20(21)27-16-14-26(15-17-27)11-6-7-12-28(23(24)30)22-18-19-8-4-5-13-29(19)25-22/h2-5,8-10,13,18H,6-7,11-12,14-17H2,1H3,(H2,24,30). The number of rotatable bonds is 8. The van der Waals surface area contributed by atoms with Crippen LogP contribution in [0.5, 0.6) is 0 Å². The second-order valence-corrected chi connectivity index (χ2v) is 8.62. The van der Waals surface area contributed by atoms with Gasteiger partial charge in [-0.15, -0.1) is 16.9 Å². The van der Waals surface area contributed by atoms with E-state index in [1.807, 2.05) is 30.5 Å². The molecule has 0 unspecified atom stereocenters. The molecule has 0 aliphatic carbocycles. The minimum atomic E-state index is -0.454. The van der Waals surface area contributed by atoms with Crippen LogP contribution in [0.2, 0.25) is 0 Å². The zero-order valence-electron chi connectivity index (χ0n) is 18.0. The number of hydrogen-bond acceptors (Lipinski definition) is 5. The molecule has 3 heterocycles. The summed E-state index contributed by atoms with van der Waals surface area (Å²) in [7, 11) is 0. The summed E-state index contributed by atoms with van der Waals surface area (Å²) < 4.78 is 1.76. The summed E-state index contributed by atoms with van der Waals surface area (Å²) in [6.45, 7) is 5.85. The number of para-hydroxylation sites is 1. The van der Waals surface area contributed by atoms with Gasteiger partial charge in [0.2, 0.25) is 0 Å². The molecule has 31 heavy (non-hydrogen) atoms. The Morgan fingerprint density at radius 1 is 1.10 bits per heavy atom. The van der Waals surface area contributed by atoms with Crippen LogP contribution in [0.3, 0.4) is 0 Å². The van der Waals surface area contributed by atoms with Gasteiger partial charge in [0.1, 0.15) is 0 Å². The Morgan fingerprint density at radius 2 is 1.87 bits per heavy atom. The predicted octanol–water partition coefficient (Wildman–Crippen LogP) is 3.54. The van der Waals surface area contributed by atoms with E-state index in [1.165, 1.54) is 10.6 Å². The number of anilines is 2. The van der Waals surface area contributed by atoms with Crippen LogP contribution < -0.4 is 15.5 Å². The lowest BCUT2D eigenvalue weighted by Gasteiger charge is -2.37. The SMILES string of the molecule is CSc1ccccc1N1CCN(CCCCN(C(N)=O)c2cc3ccccn3n2)CC1. The molecular weight excluding hydrogens is 408 g/mol. The highest BCUT2D eigenvalue weighted by Crippen LogP contribution is 2.29. The number of amides is 2. The van der Waals surface area contributed by atoms with E-state index in [0.717, 1.165) is 51.1 Å². The van der Waals surface area contributed by atoms with Crippen molar-refractivity contribution in [1.29, 1.82) is 0 Å². The fourth-order valence-corrected chi connectivity index (χ4v) is 4.72. The second-order valence-electron chi connectivity index (χ2n) is 7.77. The Labute approximate surface area is 187 Å². The lowest BCUT2D eigenvalue weighted by Crippen LogP contribution is -2.47. The Morgan fingerprint density at radius 3 is 2.61 bits per heavy atom. The third-order valence-electron chi connectivity index (χ3n) is 5.80. The molecule has 1 aliphatic rings. The molecule has 3 aromatic rings. The van der Waals surface area contributed by atoms with Crippen molar-refractivity contribution in [1.82, 2.24) is 14.5 Å². The predicted molar refractivity (Wildman–Crippen MR) is 128 cm³/mol. The van der Waals surface area contributed by atoms with Crippen molar-refractivity contribution in [2.75, 3.05) is 55.3 Å². The minimum Gasteiger partial charge on any atom is -0.368 e. The molecule has 164 valence electrons. The number of carbonyl (C=O) groups is 1. The van der Waals surface area contributed by atoms with E-state index in [-0.39, 0.29) is 0 Å². The number of fused-ring (bicyclic) bond motifs is 1. The van der Waals surface area contributed by atoms with Crippen LogP contribution in [0, 0.1) is 0 Å². The number of unbranched alkanes of at least 4 members (excludes halogenated alkanes) is 1. The first-order valence-electron chi connectivity index (χ1n) is 10.8. The summed E-state index contributed by atoms with van der Waals surface area (Å²) in [6.07, 6.45) is 5.93. The Balaban J connectivity index is 1.24. The van der Waals surface area contributed by atoms with E-state index in [4.69, 9.17) is 5.73 Å². The maximum atomic E-state index is 12.0. The van der Waals surface area contributed by atoms with Crippen molar-refractivity contribution in [3.05, 3.63) is 54.7 Å². The van der Waals surface area contributed by atoms with Gasteiger partial charge in [-0.25, -0.2) is 9.31 Å². The van der Waals surface area contributed by atoms with Crippen molar-refractivity contribution in [2.45, 2.75) is 17.7 Å². The first-order chi connectivity index (χ1) is 15.2. The van der Waals surface area contributed by atoms with Crippen LogP contribution >= 0.6 is 11.8 Å². The number of benzene rings is 1. The highest BCUT2D eigenvalue weighted by molar-refractivity contribution is 7.98. The molecule has 8 heteroatoms. The van der Waals surface area contributed by atoms with E-state index in [2.05, 4.69) is 45.4 Å². The van der Waals surface area contributed by atoms with Gasteiger partial charge in [-0.2, -0.15) is 0 Å². The summed E-state index contributed by atoms with van der Waals surface area (Å²) in [5, 5.41) is 4.48. The topological polar surface area (TPSA) is 70.1 Å². The zero-order valence-corrected chi connectivity index (χ0v) is 18.8. The fraction of sp³-hybridized carbons (Fsp3) is 0.391. The molecule has 7 nitrogen and oxygen atoms in total. The maximum absolute atomic E-state index is 12.0. The summed E-state index contributed by atoms with van der Waals surface area (Å²) in [4.78, 5) is 19.9. The average molecular weight is 439 g/mol. The van der Waals surface area contributed by atoms with Crippen LogP contribution in [-0.2, 0) is 0 Å². The number of primary amides is 1. The molecule has 2 N–H and O–H groups in total. The smallest absolute Gasteiger partial charge is 0.320 e. The Bertz CT molecular complexity index is 981. The normalized spacial score (nSPS) is 14.8. The molecule has 1 aromatic carbocycles. The van der Waals surface area contributed by atoms with Crippen LogP contribution in [0.15, 0.2) is 59.6 Å². The number of nitrogens with zero attached hydrogens (tertiary/aromatic N) is 5. The molecule has 1 saturated heterocycles. The Hall–Kier alpha value is -2.71. The van der Waals surface area contributed by atoms with Gasteiger partial charge in [0.05, 0.1) is 11.2 Å². The van der Waals surface area contributed by atoms with Crippen molar-refractivity contribution >= 4 is 34.8 Å². The molecule has 1 fully saturated rings. The van der Waals surface area contributed by atoms with Gasteiger partial charge in [0.15, 0.2) is 5.82 Å². The number of aromatic nitrogens is 2. The number of carbonyl (C=O) groups excluding carboxylic acids is 1. The number of thioether (sulfide) groups is 1. The molecule has 0 bridgehead atoms. The van der Waals surface area contributed by atoms with Gasteiger partial charge in [0, 0.05) is 49.9 Å².